The molecule has 0 saturated heterocycles. The highest BCUT2D eigenvalue weighted by Gasteiger charge is 2.17. The number of nitrogens with zero attached hydrogens (tertiary/aromatic N) is 2. The van der Waals surface area contributed by atoms with Gasteiger partial charge in [0.05, 0.1) is 11.7 Å². The second kappa shape index (κ2) is 4.25. The Morgan fingerprint density at radius 3 is 2.59 bits per heavy atom. The fourth-order valence-electron chi connectivity index (χ4n) is 1.65. The number of aryl methyl sites for hydroxylation is 2. The van der Waals surface area contributed by atoms with E-state index in [9.17, 15) is 8.78 Å². The first-order valence-corrected chi connectivity index (χ1v) is 5.20. The van der Waals surface area contributed by atoms with Crippen molar-refractivity contribution < 1.29 is 8.78 Å². The fourth-order valence-corrected chi connectivity index (χ4v) is 1.65. The van der Waals surface area contributed by atoms with Gasteiger partial charge in [0.15, 0.2) is 0 Å². The van der Waals surface area contributed by atoms with Gasteiger partial charge in [0, 0.05) is 18.3 Å². The van der Waals surface area contributed by atoms with Crippen LogP contribution in [-0.2, 0) is 7.05 Å². The molecule has 90 valence electrons. The van der Waals surface area contributed by atoms with E-state index in [1.54, 1.807) is 17.8 Å². The van der Waals surface area contributed by atoms with Gasteiger partial charge in [-0.1, -0.05) is 0 Å². The molecule has 0 aliphatic carbocycles. The minimum Gasteiger partial charge on any atom is -0.319 e. The zero-order valence-corrected chi connectivity index (χ0v) is 9.61. The summed E-state index contributed by atoms with van der Waals surface area (Å²) >= 11 is 0. The number of rotatable bonds is 2. The lowest BCUT2D eigenvalue weighted by molar-refractivity contribution is 0.572. The van der Waals surface area contributed by atoms with Crippen LogP contribution >= 0.6 is 0 Å². The summed E-state index contributed by atoms with van der Waals surface area (Å²) in [6, 6.07) is 4.24. The summed E-state index contributed by atoms with van der Waals surface area (Å²) in [5.41, 5.74) is 7.43. The van der Waals surface area contributed by atoms with Crippen molar-refractivity contribution in [1.82, 2.24) is 9.78 Å². The number of benzene rings is 1. The molecule has 1 atom stereocenters. The van der Waals surface area contributed by atoms with E-state index in [4.69, 9.17) is 5.73 Å². The van der Waals surface area contributed by atoms with E-state index in [0.29, 0.717) is 5.69 Å². The van der Waals surface area contributed by atoms with Crippen LogP contribution in [-0.4, -0.2) is 9.78 Å². The molecule has 0 saturated carbocycles. The van der Waals surface area contributed by atoms with E-state index in [2.05, 4.69) is 5.10 Å². The van der Waals surface area contributed by atoms with Crippen LogP contribution in [0.1, 0.15) is 23.0 Å². The third kappa shape index (κ3) is 2.19. The Balaban J connectivity index is 2.42. The Morgan fingerprint density at radius 2 is 2.00 bits per heavy atom. The maximum Gasteiger partial charge on any atom is 0.128 e. The van der Waals surface area contributed by atoms with Crippen LogP contribution in [0.4, 0.5) is 8.78 Å². The molecule has 2 aromatic rings. The molecule has 1 aromatic carbocycles. The summed E-state index contributed by atoms with van der Waals surface area (Å²) < 4.78 is 28.2. The zero-order valence-electron chi connectivity index (χ0n) is 9.61. The Morgan fingerprint density at radius 1 is 1.29 bits per heavy atom. The Bertz CT molecular complexity index is 529. The summed E-state index contributed by atoms with van der Waals surface area (Å²) in [7, 11) is 1.77. The van der Waals surface area contributed by atoms with Crippen molar-refractivity contribution in [3.8, 4) is 0 Å². The second-order valence-electron chi connectivity index (χ2n) is 3.98. The van der Waals surface area contributed by atoms with Crippen LogP contribution in [0.25, 0.3) is 0 Å². The summed E-state index contributed by atoms with van der Waals surface area (Å²) in [4.78, 5) is 0. The lowest BCUT2D eigenvalue weighted by Crippen LogP contribution is -2.15. The number of hydrogen-bond donors (Lipinski definition) is 1. The third-order valence-electron chi connectivity index (χ3n) is 2.74. The van der Waals surface area contributed by atoms with Gasteiger partial charge in [0.2, 0.25) is 0 Å². The van der Waals surface area contributed by atoms with Gasteiger partial charge in [0.25, 0.3) is 0 Å². The summed E-state index contributed by atoms with van der Waals surface area (Å²) in [5, 5.41) is 4.16. The quantitative estimate of drug-likeness (QED) is 0.868. The molecule has 0 bridgehead atoms. The topological polar surface area (TPSA) is 43.8 Å². The van der Waals surface area contributed by atoms with Gasteiger partial charge < -0.3 is 5.73 Å². The largest absolute Gasteiger partial charge is 0.319 e. The van der Waals surface area contributed by atoms with Gasteiger partial charge in [-0.3, -0.25) is 4.68 Å². The minimum atomic E-state index is -0.759. The molecule has 2 rings (SSSR count). The first-order chi connectivity index (χ1) is 7.99. The van der Waals surface area contributed by atoms with Crippen LogP contribution < -0.4 is 5.73 Å². The van der Waals surface area contributed by atoms with Crippen LogP contribution in [0.2, 0.25) is 0 Å². The fraction of sp³-hybridized carbons (Fsp3) is 0.250. The van der Waals surface area contributed by atoms with Gasteiger partial charge >= 0.3 is 0 Å². The van der Waals surface area contributed by atoms with Crippen LogP contribution in [0.5, 0.6) is 0 Å². The molecule has 17 heavy (non-hydrogen) atoms. The molecular formula is C12H13F2N3. The maximum absolute atomic E-state index is 13.5. The van der Waals surface area contributed by atoms with Crippen LogP contribution in [0, 0.1) is 18.6 Å². The van der Waals surface area contributed by atoms with Gasteiger partial charge in [-0.25, -0.2) is 8.78 Å². The SMILES string of the molecule is Cc1cc(C(N)c2cc(F)ccc2F)nn1C. The van der Waals surface area contributed by atoms with Crippen molar-refractivity contribution in [2.75, 3.05) is 0 Å². The highest BCUT2D eigenvalue weighted by Crippen LogP contribution is 2.22. The van der Waals surface area contributed by atoms with E-state index < -0.39 is 17.7 Å². The van der Waals surface area contributed by atoms with Crippen molar-refractivity contribution in [3.05, 3.63) is 52.9 Å². The van der Waals surface area contributed by atoms with E-state index in [1.165, 1.54) is 0 Å². The van der Waals surface area contributed by atoms with Crippen molar-refractivity contribution in [3.63, 3.8) is 0 Å². The maximum atomic E-state index is 13.5. The third-order valence-corrected chi connectivity index (χ3v) is 2.74. The van der Waals surface area contributed by atoms with Crippen molar-refractivity contribution in [1.29, 1.82) is 0 Å². The molecule has 0 fully saturated rings. The minimum absolute atomic E-state index is 0.114. The van der Waals surface area contributed by atoms with Gasteiger partial charge in [-0.05, 0) is 31.2 Å². The Labute approximate surface area is 97.9 Å². The van der Waals surface area contributed by atoms with Gasteiger partial charge in [0.1, 0.15) is 11.6 Å². The Kier molecular flexibility index (Phi) is 2.93. The monoisotopic (exact) mass is 237 g/mol. The van der Waals surface area contributed by atoms with Crippen molar-refractivity contribution in [2.45, 2.75) is 13.0 Å². The first kappa shape index (κ1) is 11.7. The molecule has 0 aliphatic heterocycles. The summed E-state index contributed by atoms with van der Waals surface area (Å²) in [6.45, 7) is 1.87. The number of hydrogen-bond acceptors (Lipinski definition) is 2. The molecule has 0 radical (unpaired) electrons. The predicted molar refractivity (Wildman–Crippen MR) is 60.3 cm³/mol. The van der Waals surface area contributed by atoms with E-state index >= 15 is 0 Å². The molecule has 1 unspecified atom stereocenters. The standard InChI is InChI=1S/C12H13F2N3/c1-7-5-11(16-17(7)2)12(15)9-6-8(13)3-4-10(9)14/h3-6,12H,15H2,1-2H3. The molecular weight excluding hydrogens is 224 g/mol. The molecule has 0 aliphatic rings. The van der Waals surface area contributed by atoms with Crippen molar-refractivity contribution in [2.24, 2.45) is 12.8 Å². The molecule has 0 spiro atoms. The molecule has 5 heteroatoms. The number of nitrogens with two attached hydrogens (primary N) is 1. The normalized spacial score (nSPS) is 12.8. The molecule has 0 amide bonds. The zero-order chi connectivity index (χ0) is 12.6. The molecule has 2 N–H and O–H groups in total. The lowest BCUT2D eigenvalue weighted by Gasteiger charge is -2.10. The highest BCUT2D eigenvalue weighted by atomic mass is 19.1. The highest BCUT2D eigenvalue weighted by molar-refractivity contribution is 5.29. The Hall–Kier alpha value is -1.75. The average Bonchev–Trinajstić information content (AvgIpc) is 2.62. The van der Waals surface area contributed by atoms with Gasteiger partial charge in [-0.15, -0.1) is 0 Å². The average molecular weight is 237 g/mol. The number of aromatic nitrogens is 2. The van der Waals surface area contributed by atoms with E-state index in [0.717, 1.165) is 23.9 Å². The van der Waals surface area contributed by atoms with E-state index in [-0.39, 0.29) is 5.56 Å². The molecule has 3 nitrogen and oxygen atoms in total. The van der Waals surface area contributed by atoms with Crippen LogP contribution in [0.15, 0.2) is 24.3 Å². The number of halogens is 2. The summed E-state index contributed by atoms with van der Waals surface area (Å²) in [5.74, 6) is -1.04. The molecule has 1 heterocycles. The van der Waals surface area contributed by atoms with Crippen molar-refractivity contribution >= 4 is 0 Å². The summed E-state index contributed by atoms with van der Waals surface area (Å²) in [6.07, 6.45) is 0. The van der Waals surface area contributed by atoms with Gasteiger partial charge in [-0.2, -0.15) is 5.10 Å². The van der Waals surface area contributed by atoms with E-state index in [1.807, 2.05) is 6.92 Å². The molecule has 1 aromatic heterocycles. The predicted octanol–water partition coefficient (Wildman–Crippen LogP) is 2.05. The smallest absolute Gasteiger partial charge is 0.128 e. The lowest BCUT2D eigenvalue weighted by atomic mass is 10.0. The second-order valence-corrected chi connectivity index (χ2v) is 3.98. The van der Waals surface area contributed by atoms with Crippen LogP contribution in [0.3, 0.4) is 0 Å². The first-order valence-electron chi connectivity index (χ1n) is 5.20.